The Morgan fingerprint density at radius 2 is 2.10 bits per heavy atom. The van der Waals surface area contributed by atoms with Crippen molar-refractivity contribution in [1.82, 2.24) is 0 Å². The number of rotatable bonds is 7. The molecule has 1 aromatic carbocycles. The van der Waals surface area contributed by atoms with E-state index in [4.69, 9.17) is 4.74 Å². The molecule has 0 bridgehead atoms. The molecule has 2 aliphatic rings. The number of benzene rings is 1. The maximum Gasteiger partial charge on any atom is 0.341 e. The average Bonchev–Trinajstić information content (AvgIpc) is 3.14. The second kappa shape index (κ2) is 9.94. The highest BCUT2D eigenvalue weighted by Gasteiger charge is 2.31. The van der Waals surface area contributed by atoms with Crippen LogP contribution in [0.5, 0.6) is 0 Å². The molecule has 0 saturated carbocycles. The molecule has 0 fully saturated rings. The fourth-order valence-corrected chi connectivity index (χ4v) is 6.13. The zero-order valence-electron chi connectivity index (χ0n) is 18.5. The second-order valence-electron chi connectivity index (χ2n) is 8.39. The van der Waals surface area contributed by atoms with E-state index in [0.717, 1.165) is 50.9 Å². The quantitative estimate of drug-likeness (QED) is 0.567. The molecular weight excluding hydrogens is 410 g/mol. The summed E-state index contributed by atoms with van der Waals surface area (Å²) < 4.78 is 5.32. The molecule has 4 N–H and O–H groups in total. The number of hydrogen-bond donors (Lipinski definition) is 3. The Morgan fingerprint density at radius 1 is 1.26 bits per heavy atom. The number of amides is 1. The van der Waals surface area contributed by atoms with E-state index in [9.17, 15) is 9.59 Å². The van der Waals surface area contributed by atoms with E-state index in [-0.39, 0.29) is 11.9 Å². The maximum absolute atomic E-state index is 12.8. The smallest absolute Gasteiger partial charge is 0.341 e. The van der Waals surface area contributed by atoms with Crippen LogP contribution in [0.25, 0.3) is 0 Å². The molecule has 31 heavy (non-hydrogen) atoms. The van der Waals surface area contributed by atoms with Crippen molar-refractivity contribution in [3.63, 3.8) is 0 Å². The summed E-state index contributed by atoms with van der Waals surface area (Å²) in [4.78, 5) is 28.2. The van der Waals surface area contributed by atoms with Gasteiger partial charge in [0.1, 0.15) is 17.6 Å². The van der Waals surface area contributed by atoms with Crippen molar-refractivity contribution in [2.45, 2.75) is 52.1 Å². The highest BCUT2D eigenvalue weighted by molar-refractivity contribution is 7.17. The molecule has 0 saturated heterocycles. The van der Waals surface area contributed by atoms with Crippen molar-refractivity contribution in [3.8, 4) is 0 Å². The molecule has 7 heteroatoms. The summed E-state index contributed by atoms with van der Waals surface area (Å²) in [5.41, 5.74) is 4.39. The Morgan fingerprint density at radius 3 is 2.90 bits per heavy atom. The SMILES string of the molecule is CCOC(=O)c1c(NC(=O)C[NH2+][C@H]2CCCc3ccccc32)sc2c1CC[NH+](CC)C2. The van der Waals surface area contributed by atoms with Crippen molar-refractivity contribution in [1.29, 1.82) is 0 Å². The largest absolute Gasteiger partial charge is 0.462 e. The summed E-state index contributed by atoms with van der Waals surface area (Å²) in [5.74, 6) is -0.382. The number of aryl methyl sites for hydroxylation is 1. The van der Waals surface area contributed by atoms with Crippen LogP contribution in [0.4, 0.5) is 5.00 Å². The number of nitrogens with one attached hydrogen (secondary N) is 2. The molecule has 6 nitrogen and oxygen atoms in total. The van der Waals surface area contributed by atoms with Gasteiger partial charge in [-0.1, -0.05) is 24.3 Å². The molecule has 1 amide bonds. The van der Waals surface area contributed by atoms with Crippen molar-refractivity contribution in [3.05, 3.63) is 51.4 Å². The molecule has 1 aromatic heterocycles. The molecule has 1 aliphatic heterocycles. The number of esters is 1. The minimum Gasteiger partial charge on any atom is -0.462 e. The highest BCUT2D eigenvalue weighted by atomic mass is 32.1. The van der Waals surface area contributed by atoms with E-state index in [2.05, 4.69) is 41.8 Å². The molecule has 1 unspecified atom stereocenters. The lowest BCUT2D eigenvalue weighted by molar-refractivity contribution is -0.913. The monoisotopic (exact) mass is 443 g/mol. The summed E-state index contributed by atoms with van der Waals surface area (Å²) in [6.45, 7) is 7.65. The third kappa shape index (κ3) is 4.84. The van der Waals surface area contributed by atoms with Crippen LogP contribution in [0.1, 0.15) is 64.7 Å². The van der Waals surface area contributed by atoms with Crippen LogP contribution in [-0.2, 0) is 28.9 Å². The summed E-state index contributed by atoms with van der Waals surface area (Å²) in [6.07, 6.45) is 4.21. The lowest BCUT2D eigenvalue weighted by Crippen LogP contribution is -3.11. The summed E-state index contributed by atoms with van der Waals surface area (Å²) in [7, 11) is 0. The van der Waals surface area contributed by atoms with Gasteiger partial charge in [0.05, 0.1) is 30.1 Å². The first-order chi connectivity index (χ1) is 15.1. The van der Waals surface area contributed by atoms with Gasteiger partial charge in [-0.25, -0.2) is 4.79 Å². The molecule has 2 atom stereocenters. The number of carbonyl (C=O) groups excluding carboxylic acids is 2. The fraction of sp³-hybridized carbons (Fsp3) is 0.500. The number of ether oxygens (including phenoxy) is 1. The van der Waals surface area contributed by atoms with Gasteiger partial charge in [0.15, 0.2) is 6.54 Å². The topological polar surface area (TPSA) is 76.4 Å². The first-order valence-electron chi connectivity index (χ1n) is 11.5. The molecule has 166 valence electrons. The Balaban J connectivity index is 1.47. The van der Waals surface area contributed by atoms with Crippen LogP contribution >= 0.6 is 11.3 Å². The van der Waals surface area contributed by atoms with E-state index >= 15 is 0 Å². The summed E-state index contributed by atoms with van der Waals surface area (Å²) in [6, 6.07) is 8.86. The minimum atomic E-state index is -0.319. The molecule has 0 radical (unpaired) electrons. The third-order valence-electron chi connectivity index (χ3n) is 6.47. The zero-order valence-corrected chi connectivity index (χ0v) is 19.3. The summed E-state index contributed by atoms with van der Waals surface area (Å²) >= 11 is 1.55. The number of fused-ring (bicyclic) bond motifs is 2. The van der Waals surface area contributed by atoms with Crippen LogP contribution in [-0.4, -0.2) is 38.1 Å². The highest BCUT2D eigenvalue weighted by Crippen LogP contribution is 2.35. The van der Waals surface area contributed by atoms with Gasteiger partial charge in [0, 0.05) is 18.4 Å². The lowest BCUT2D eigenvalue weighted by atomic mass is 9.88. The number of thiophene rings is 1. The predicted molar refractivity (Wildman–Crippen MR) is 122 cm³/mol. The first-order valence-corrected chi connectivity index (χ1v) is 12.3. The van der Waals surface area contributed by atoms with E-state index in [1.54, 1.807) is 11.3 Å². The number of carbonyl (C=O) groups is 2. The average molecular weight is 444 g/mol. The van der Waals surface area contributed by atoms with Gasteiger partial charge in [-0.3, -0.25) is 4.79 Å². The van der Waals surface area contributed by atoms with Gasteiger partial charge >= 0.3 is 5.97 Å². The normalized spacial score (nSPS) is 19.9. The maximum atomic E-state index is 12.8. The molecule has 1 aliphatic carbocycles. The van der Waals surface area contributed by atoms with Crippen LogP contribution in [0.3, 0.4) is 0 Å². The molecule has 0 spiro atoms. The lowest BCUT2D eigenvalue weighted by Gasteiger charge is -2.23. The Kier molecular flexibility index (Phi) is 7.05. The summed E-state index contributed by atoms with van der Waals surface area (Å²) in [5, 5.41) is 5.83. The van der Waals surface area contributed by atoms with E-state index in [1.807, 2.05) is 6.92 Å². The van der Waals surface area contributed by atoms with Crippen LogP contribution in [0.2, 0.25) is 0 Å². The van der Waals surface area contributed by atoms with E-state index in [1.165, 1.54) is 20.9 Å². The number of quaternary nitrogens is 2. The standard InChI is InChI=1S/C24H31N3O3S/c1-3-27-13-12-18-20(15-27)31-23(22(18)24(29)30-4-2)26-21(28)14-25-19-11-7-9-16-8-5-6-10-17(16)19/h5-6,8,10,19,25H,3-4,7,9,11-15H2,1-2H3,(H,26,28)/p+2/t19-/m0/s1. The van der Waals surface area contributed by atoms with Gasteiger partial charge < -0.3 is 20.3 Å². The van der Waals surface area contributed by atoms with Gasteiger partial charge in [-0.15, -0.1) is 11.3 Å². The van der Waals surface area contributed by atoms with E-state index in [0.29, 0.717) is 29.8 Å². The van der Waals surface area contributed by atoms with Gasteiger partial charge in [-0.05, 0) is 37.8 Å². The predicted octanol–water partition coefficient (Wildman–Crippen LogP) is 1.47. The van der Waals surface area contributed by atoms with Crippen molar-refractivity contribution >= 4 is 28.2 Å². The van der Waals surface area contributed by atoms with Crippen LogP contribution in [0, 0.1) is 0 Å². The zero-order chi connectivity index (χ0) is 21.8. The molecule has 2 aromatic rings. The first kappa shape index (κ1) is 22.0. The fourth-order valence-electron chi connectivity index (χ4n) is 4.81. The Bertz CT molecular complexity index is 956. The van der Waals surface area contributed by atoms with E-state index < -0.39 is 0 Å². The van der Waals surface area contributed by atoms with Gasteiger partial charge in [0.2, 0.25) is 0 Å². The molecule has 2 heterocycles. The van der Waals surface area contributed by atoms with Crippen LogP contribution in [0.15, 0.2) is 24.3 Å². The number of likely N-dealkylation sites (N-methyl/N-ethyl adjacent to an activating group) is 1. The third-order valence-corrected chi connectivity index (χ3v) is 7.61. The molecule has 4 rings (SSSR count). The Hall–Kier alpha value is -2.22. The van der Waals surface area contributed by atoms with Gasteiger partial charge in [0.25, 0.3) is 5.91 Å². The number of nitrogens with two attached hydrogens (primary N) is 1. The van der Waals surface area contributed by atoms with Crippen molar-refractivity contribution in [2.24, 2.45) is 0 Å². The second-order valence-corrected chi connectivity index (χ2v) is 9.50. The van der Waals surface area contributed by atoms with Crippen molar-refractivity contribution < 1.29 is 24.5 Å². The Labute approximate surface area is 188 Å². The number of anilines is 1. The van der Waals surface area contributed by atoms with Crippen molar-refractivity contribution in [2.75, 3.05) is 31.6 Å². The van der Waals surface area contributed by atoms with Crippen LogP contribution < -0.4 is 15.5 Å². The minimum absolute atomic E-state index is 0.0631. The van der Waals surface area contributed by atoms with Gasteiger partial charge in [-0.2, -0.15) is 0 Å². The number of hydrogen-bond acceptors (Lipinski definition) is 4. The molecular formula is C24H33N3O3S+2.